The predicted molar refractivity (Wildman–Crippen MR) is 99.0 cm³/mol. The zero-order valence-corrected chi connectivity index (χ0v) is 15.9. The van der Waals surface area contributed by atoms with Crippen LogP contribution in [0.5, 0.6) is 0 Å². The molecule has 0 fully saturated rings. The summed E-state index contributed by atoms with van der Waals surface area (Å²) in [6.07, 6.45) is -4.98. The van der Waals surface area contributed by atoms with Crippen LogP contribution < -0.4 is 11.1 Å². The molecule has 0 aliphatic carbocycles. The van der Waals surface area contributed by atoms with Crippen molar-refractivity contribution in [3.8, 4) is 0 Å². The second kappa shape index (κ2) is 7.82. The summed E-state index contributed by atoms with van der Waals surface area (Å²) in [5.41, 5.74) is 3.96. The second-order valence-corrected chi connectivity index (χ2v) is 7.00. The van der Waals surface area contributed by atoms with Crippen LogP contribution in [0.2, 0.25) is 15.1 Å². The Morgan fingerprint density at radius 3 is 2.12 bits per heavy atom. The molecule has 2 rings (SSSR count). The Morgan fingerprint density at radius 2 is 1.65 bits per heavy atom. The number of benzene rings is 2. The molecular weight excluding hydrogens is 412 g/mol. The van der Waals surface area contributed by atoms with E-state index in [0.29, 0.717) is 12.2 Å². The zero-order valence-electron chi connectivity index (χ0n) is 13.6. The van der Waals surface area contributed by atoms with Gasteiger partial charge in [-0.05, 0) is 47.9 Å². The highest BCUT2D eigenvalue weighted by molar-refractivity contribution is 6.48. The van der Waals surface area contributed by atoms with Crippen LogP contribution in [-0.2, 0) is 12.1 Å². The van der Waals surface area contributed by atoms with Crippen molar-refractivity contribution in [1.82, 2.24) is 0 Å². The van der Waals surface area contributed by atoms with Gasteiger partial charge in [0.1, 0.15) is 0 Å². The number of hydrogen-bond acceptors (Lipinski definition) is 3. The van der Waals surface area contributed by atoms with Crippen LogP contribution in [0.4, 0.5) is 18.9 Å². The van der Waals surface area contributed by atoms with Crippen LogP contribution in [0.25, 0.3) is 0 Å². The van der Waals surface area contributed by atoms with Gasteiger partial charge in [-0.15, -0.1) is 0 Å². The molecule has 0 unspecified atom stereocenters. The van der Waals surface area contributed by atoms with Gasteiger partial charge in [0.2, 0.25) is 5.60 Å². The molecule has 0 saturated carbocycles. The maximum Gasteiger partial charge on any atom is 0.423 e. The number of nitrogens with two attached hydrogens (primary N) is 1. The average molecular weight is 428 g/mol. The van der Waals surface area contributed by atoms with E-state index in [-0.39, 0.29) is 15.1 Å². The molecule has 26 heavy (non-hydrogen) atoms. The van der Waals surface area contributed by atoms with Crippen LogP contribution in [0.1, 0.15) is 16.7 Å². The third kappa shape index (κ3) is 4.21. The van der Waals surface area contributed by atoms with Crippen LogP contribution in [0.15, 0.2) is 30.3 Å². The quantitative estimate of drug-likeness (QED) is 0.569. The molecule has 0 aliphatic heterocycles. The SMILES string of the molecule is Cc1cc(NC[C@](O)(c2cc(Cl)c(Cl)c(Cl)c2)C(F)(F)F)ccc1CN. The molecule has 0 amide bonds. The molecule has 1 atom stereocenters. The first-order chi connectivity index (χ1) is 12.0. The van der Waals surface area contributed by atoms with Crippen molar-refractivity contribution < 1.29 is 18.3 Å². The molecule has 0 radical (unpaired) electrons. The van der Waals surface area contributed by atoms with E-state index in [1.807, 2.05) is 0 Å². The lowest BCUT2D eigenvalue weighted by atomic mass is 9.92. The molecule has 0 aliphatic rings. The zero-order chi connectivity index (χ0) is 19.7. The molecule has 142 valence electrons. The van der Waals surface area contributed by atoms with Crippen LogP contribution >= 0.6 is 34.8 Å². The predicted octanol–water partition coefficient (Wildman–Crippen LogP) is 5.28. The first kappa shape index (κ1) is 21.1. The van der Waals surface area contributed by atoms with Gasteiger partial charge < -0.3 is 16.2 Å². The van der Waals surface area contributed by atoms with Gasteiger partial charge >= 0.3 is 6.18 Å². The summed E-state index contributed by atoms with van der Waals surface area (Å²) in [6.45, 7) is 1.27. The van der Waals surface area contributed by atoms with E-state index in [4.69, 9.17) is 40.5 Å². The fraction of sp³-hybridized carbons (Fsp3) is 0.294. The highest BCUT2D eigenvalue weighted by atomic mass is 35.5. The molecule has 0 aromatic heterocycles. The molecule has 2 aromatic rings. The van der Waals surface area contributed by atoms with Gasteiger partial charge in [0.15, 0.2) is 0 Å². The van der Waals surface area contributed by atoms with E-state index < -0.39 is 23.9 Å². The highest BCUT2D eigenvalue weighted by Crippen LogP contribution is 2.43. The summed E-state index contributed by atoms with van der Waals surface area (Å²) in [4.78, 5) is 0. The van der Waals surface area contributed by atoms with Gasteiger partial charge in [-0.3, -0.25) is 0 Å². The van der Waals surface area contributed by atoms with E-state index in [9.17, 15) is 18.3 Å². The third-order valence-corrected chi connectivity index (χ3v) is 5.24. The minimum Gasteiger partial charge on any atom is -0.381 e. The largest absolute Gasteiger partial charge is 0.423 e. The van der Waals surface area contributed by atoms with Gasteiger partial charge in [-0.1, -0.05) is 40.9 Å². The number of hydrogen-bond donors (Lipinski definition) is 3. The summed E-state index contributed by atoms with van der Waals surface area (Å²) in [5, 5.41) is 12.6. The van der Waals surface area contributed by atoms with Crippen molar-refractivity contribution in [2.45, 2.75) is 25.2 Å². The van der Waals surface area contributed by atoms with Crippen LogP contribution in [0.3, 0.4) is 0 Å². The Hall–Kier alpha value is -1.18. The highest BCUT2D eigenvalue weighted by Gasteiger charge is 2.55. The fourth-order valence-corrected chi connectivity index (χ4v) is 3.02. The van der Waals surface area contributed by atoms with Gasteiger partial charge in [0.05, 0.1) is 21.6 Å². The van der Waals surface area contributed by atoms with Crippen molar-refractivity contribution in [3.05, 3.63) is 62.1 Å². The van der Waals surface area contributed by atoms with E-state index in [1.165, 1.54) is 0 Å². The molecule has 4 N–H and O–H groups in total. The lowest BCUT2D eigenvalue weighted by molar-refractivity contribution is -0.260. The van der Waals surface area contributed by atoms with Crippen molar-refractivity contribution >= 4 is 40.5 Å². The maximum atomic E-state index is 13.6. The molecule has 3 nitrogen and oxygen atoms in total. The first-order valence-electron chi connectivity index (χ1n) is 7.47. The van der Waals surface area contributed by atoms with Gasteiger partial charge in [-0.25, -0.2) is 0 Å². The van der Waals surface area contributed by atoms with Crippen molar-refractivity contribution in [1.29, 1.82) is 0 Å². The minimum absolute atomic E-state index is 0.0810. The Labute approximate surface area is 163 Å². The topological polar surface area (TPSA) is 58.3 Å². The Kier molecular flexibility index (Phi) is 6.36. The van der Waals surface area contributed by atoms with Crippen molar-refractivity contribution in [3.63, 3.8) is 0 Å². The van der Waals surface area contributed by atoms with Gasteiger partial charge in [0.25, 0.3) is 0 Å². The Morgan fingerprint density at radius 1 is 1.08 bits per heavy atom. The van der Waals surface area contributed by atoms with E-state index >= 15 is 0 Å². The standard InChI is InChI=1S/C17H16Cl3F3N2O/c1-9-4-12(3-2-10(9)7-24)25-8-16(26,17(21,22)23)11-5-13(18)15(20)14(19)6-11/h2-6,25-26H,7-8,24H2,1H3/t16-/m0/s1. The molecule has 0 heterocycles. The second-order valence-electron chi connectivity index (χ2n) is 5.81. The molecular formula is C17H16Cl3F3N2O. The number of nitrogens with one attached hydrogen (secondary N) is 1. The van der Waals surface area contributed by atoms with E-state index in [0.717, 1.165) is 23.3 Å². The van der Waals surface area contributed by atoms with Crippen LogP contribution in [-0.4, -0.2) is 17.8 Å². The number of aliphatic hydroxyl groups is 1. The fourth-order valence-electron chi connectivity index (χ4n) is 2.43. The van der Waals surface area contributed by atoms with Gasteiger partial charge in [-0.2, -0.15) is 13.2 Å². The summed E-state index contributed by atoms with van der Waals surface area (Å²) < 4.78 is 40.9. The maximum absolute atomic E-state index is 13.6. The number of alkyl halides is 3. The number of anilines is 1. The average Bonchev–Trinajstić information content (AvgIpc) is 2.56. The lowest BCUT2D eigenvalue weighted by Gasteiger charge is -2.32. The van der Waals surface area contributed by atoms with E-state index in [2.05, 4.69) is 5.32 Å². The summed E-state index contributed by atoms with van der Waals surface area (Å²) >= 11 is 17.4. The van der Waals surface area contributed by atoms with Crippen molar-refractivity contribution in [2.24, 2.45) is 5.73 Å². The Balaban J connectivity index is 2.38. The molecule has 0 saturated heterocycles. The molecule has 2 aromatic carbocycles. The summed E-state index contributed by atoms with van der Waals surface area (Å²) in [7, 11) is 0. The Bertz CT molecular complexity index is 791. The molecule has 0 spiro atoms. The number of aryl methyl sites for hydroxylation is 1. The van der Waals surface area contributed by atoms with Gasteiger partial charge in [0, 0.05) is 12.2 Å². The minimum atomic E-state index is -4.98. The number of halogens is 6. The lowest BCUT2D eigenvalue weighted by Crippen LogP contribution is -2.47. The monoisotopic (exact) mass is 426 g/mol. The summed E-state index contributed by atoms with van der Waals surface area (Å²) in [5.74, 6) is 0. The molecule has 9 heteroatoms. The molecule has 0 bridgehead atoms. The summed E-state index contributed by atoms with van der Waals surface area (Å²) in [6, 6.07) is 6.86. The van der Waals surface area contributed by atoms with E-state index in [1.54, 1.807) is 25.1 Å². The first-order valence-corrected chi connectivity index (χ1v) is 8.60. The smallest absolute Gasteiger partial charge is 0.381 e. The van der Waals surface area contributed by atoms with Crippen LogP contribution in [0, 0.1) is 6.92 Å². The normalized spacial score (nSPS) is 14.2. The third-order valence-electron chi connectivity index (χ3n) is 4.04. The van der Waals surface area contributed by atoms with Crippen molar-refractivity contribution in [2.75, 3.05) is 11.9 Å². The number of rotatable bonds is 5.